The van der Waals surface area contributed by atoms with E-state index in [0.717, 1.165) is 6.07 Å². The van der Waals surface area contributed by atoms with Gasteiger partial charge in [0.25, 0.3) is 0 Å². The third kappa shape index (κ3) is 4.23. The van der Waals surface area contributed by atoms with E-state index in [9.17, 15) is 19.1 Å². The number of aryl methyl sites for hydroxylation is 1. The number of aromatic carboxylic acids is 1. The fourth-order valence-corrected chi connectivity index (χ4v) is 6.04. The molecule has 0 saturated carbocycles. The maximum absolute atomic E-state index is 15.6. The summed E-state index contributed by atoms with van der Waals surface area (Å²) >= 11 is 0. The molecule has 10 nitrogen and oxygen atoms in total. The number of fused-ring (bicyclic) bond motifs is 4. The first-order valence-corrected chi connectivity index (χ1v) is 13.3. The fraction of sp³-hybridized carbons (Fsp3) is 0.310. The first kappa shape index (κ1) is 27.5. The van der Waals surface area contributed by atoms with Crippen LogP contribution in [0.2, 0.25) is 0 Å². The molecule has 1 fully saturated rings. The van der Waals surface area contributed by atoms with Gasteiger partial charge in [0.15, 0.2) is 11.6 Å². The standard InChI is InChI=1S/C29H28F3N7O3/c1-33-20-7-19(31)23(32)21-22-25(39-10-14(30)6-15(39)11-37(2)3)17(9-34-27(22)36-24(20)21)13-5-16-26(40)18(29(41)42)12-38(4)28(16)35-8-13/h5,7-9,12,14-15,33H,6,10-11H2,1-4H3,(H,34,36)(H,41,42)/t14-,15-/m0/s1. The lowest BCUT2D eigenvalue weighted by molar-refractivity contribution is 0.0695. The van der Waals surface area contributed by atoms with Gasteiger partial charge in [-0.25, -0.2) is 27.9 Å². The van der Waals surface area contributed by atoms with Crippen molar-refractivity contribution in [1.29, 1.82) is 0 Å². The molecule has 13 heteroatoms. The lowest BCUT2D eigenvalue weighted by Gasteiger charge is -2.31. The van der Waals surface area contributed by atoms with Gasteiger partial charge in [0, 0.05) is 75.4 Å². The molecule has 0 spiro atoms. The highest BCUT2D eigenvalue weighted by Crippen LogP contribution is 2.45. The number of alkyl halides is 1. The quantitative estimate of drug-likeness (QED) is 0.275. The number of aromatic nitrogens is 4. The normalized spacial score (nSPS) is 17.3. The number of anilines is 2. The molecule has 42 heavy (non-hydrogen) atoms. The first-order valence-electron chi connectivity index (χ1n) is 13.3. The second-order valence-electron chi connectivity index (χ2n) is 10.9. The molecular formula is C29H28F3N7O3. The van der Waals surface area contributed by atoms with Gasteiger partial charge in [0.2, 0.25) is 5.43 Å². The number of nitrogens with zero attached hydrogens (tertiary/aromatic N) is 5. The Morgan fingerprint density at radius 1 is 1.21 bits per heavy atom. The lowest BCUT2D eigenvalue weighted by Crippen LogP contribution is -2.38. The van der Waals surface area contributed by atoms with Crippen molar-refractivity contribution in [2.75, 3.05) is 44.4 Å². The van der Waals surface area contributed by atoms with Gasteiger partial charge in [0.1, 0.15) is 23.0 Å². The molecule has 1 saturated heterocycles. The summed E-state index contributed by atoms with van der Waals surface area (Å²) in [7, 11) is 6.91. The van der Waals surface area contributed by atoms with Gasteiger partial charge in [0.05, 0.1) is 33.1 Å². The Balaban J connectivity index is 1.73. The SMILES string of the molecule is CNc1cc(F)c(F)c2c1[nH]c1ncc(-c3cnc4c(c3)c(=O)c(C(=O)O)cn4C)c(N3C[C@@H](F)C[C@H]3CN(C)C)c12. The maximum Gasteiger partial charge on any atom is 0.341 e. The van der Waals surface area contributed by atoms with Gasteiger partial charge < -0.3 is 29.8 Å². The zero-order chi connectivity index (χ0) is 30.0. The van der Waals surface area contributed by atoms with Crippen LogP contribution in [0.15, 0.2) is 35.5 Å². The van der Waals surface area contributed by atoms with Crippen molar-refractivity contribution < 1.29 is 23.1 Å². The van der Waals surface area contributed by atoms with Crippen molar-refractivity contribution in [2.24, 2.45) is 7.05 Å². The zero-order valence-corrected chi connectivity index (χ0v) is 23.3. The number of nitrogens with one attached hydrogen (secondary N) is 2. The fourth-order valence-electron chi connectivity index (χ4n) is 6.04. The Morgan fingerprint density at radius 3 is 2.67 bits per heavy atom. The van der Waals surface area contributed by atoms with Crippen LogP contribution in [0.4, 0.5) is 24.5 Å². The second-order valence-corrected chi connectivity index (χ2v) is 10.9. The Bertz CT molecular complexity index is 1970. The summed E-state index contributed by atoms with van der Waals surface area (Å²) in [6.07, 6.45) is 3.28. The Kier molecular flexibility index (Phi) is 6.56. The van der Waals surface area contributed by atoms with Crippen LogP contribution < -0.4 is 15.6 Å². The third-order valence-electron chi connectivity index (χ3n) is 7.81. The molecule has 218 valence electrons. The molecule has 1 aliphatic rings. The summed E-state index contributed by atoms with van der Waals surface area (Å²) in [6.45, 7) is 0.488. The van der Waals surface area contributed by atoms with Crippen LogP contribution in [0, 0.1) is 11.6 Å². The van der Waals surface area contributed by atoms with Crippen LogP contribution in [0.1, 0.15) is 16.8 Å². The number of likely N-dealkylation sites (N-methyl/N-ethyl adjacent to an activating group) is 1. The van der Waals surface area contributed by atoms with Crippen LogP contribution in [0.5, 0.6) is 0 Å². The number of carboxylic acids is 1. The van der Waals surface area contributed by atoms with E-state index < -0.39 is 34.8 Å². The lowest BCUT2D eigenvalue weighted by atomic mass is 10.0. The maximum atomic E-state index is 15.6. The summed E-state index contributed by atoms with van der Waals surface area (Å²) in [5, 5.41) is 12.7. The minimum Gasteiger partial charge on any atom is -0.477 e. The summed E-state index contributed by atoms with van der Waals surface area (Å²) < 4.78 is 47.0. The van der Waals surface area contributed by atoms with E-state index in [0.29, 0.717) is 34.6 Å². The predicted molar refractivity (Wildman–Crippen MR) is 155 cm³/mol. The monoisotopic (exact) mass is 579 g/mol. The van der Waals surface area contributed by atoms with Crippen LogP contribution in [-0.4, -0.2) is 81.9 Å². The second kappa shape index (κ2) is 10.0. The average Bonchev–Trinajstić information content (AvgIpc) is 3.51. The highest BCUT2D eigenvalue weighted by Gasteiger charge is 2.36. The van der Waals surface area contributed by atoms with Crippen LogP contribution in [0.25, 0.3) is 44.1 Å². The predicted octanol–water partition coefficient (Wildman–Crippen LogP) is 4.13. The van der Waals surface area contributed by atoms with E-state index in [4.69, 9.17) is 0 Å². The molecule has 5 heterocycles. The van der Waals surface area contributed by atoms with Crippen molar-refractivity contribution in [1.82, 2.24) is 24.4 Å². The molecule has 3 N–H and O–H groups in total. The topological polar surface area (TPSA) is 119 Å². The Hall–Kier alpha value is -4.65. The van der Waals surface area contributed by atoms with Gasteiger partial charge in [-0.05, 0) is 20.2 Å². The number of rotatable bonds is 6. The van der Waals surface area contributed by atoms with Crippen molar-refractivity contribution in [2.45, 2.75) is 18.6 Å². The van der Waals surface area contributed by atoms with E-state index >= 15 is 8.78 Å². The van der Waals surface area contributed by atoms with Gasteiger partial charge in [-0.1, -0.05) is 0 Å². The molecule has 0 radical (unpaired) electrons. The number of hydrogen-bond acceptors (Lipinski definition) is 7. The van der Waals surface area contributed by atoms with Crippen molar-refractivity contribution in [3.05, 3.63) is 58.1 Å². The van der Waals surface area contributed by atoms with E-state index in [-0.39, 0.29) is 46.5 Å². The first-order chi connectivity index (χ1) is 20.0. The highest BCUT2D eigenvalue weighted by molar-refractivity contribution is 6.18. The average molecular weight is 580 g/mol. The summed E-state index contributed by atoms with van der Waals surface area (Å²) in [6, 6.07) is 2.25. The number of H-pyrrole nitrogens is 1. The van der Waals surface area contributed by atoms with E-state index in [1.165, 1.54) is 29.2 Å². The smallest absolute Gasteiger partial charge is 0.341 e. The number of halogens is 3. The van der Waals surface area contributed by atoms with Crippen LogP contribution in [0.3, 0.4) is 0 Å². The van der Waals surface area contributed by atoms with Crippen molar-refractivity contribution >= 4 is 50.3 Å². The number of aromatic amines is 1. The molecular weight excluding hydrogens is 551 g/mol. The van der Waals surface area contributed by atoms with E-state index in [2.05, 4.69) is 20.3 Å². The highest BCUT2D eigenvalue weighted by atomic mass is 19.2. The summed E-state index contributed by atoms with van der Waals surface area (Å²) in [4.78, 5) is 40.7. The molecule has 6 rings (SSSR count). The number of pyridine rings is 3. The van der Waals surface area contributed by atoms with Gasteiger partial charge in [-0.3, -0.25) is 4.79 Å². The molecule has 4 aromatic heterocycles. The zero-order valence-electron chi connectivity index (χ0n) is 23.3. The summed E-state index contributed by atoms with van der Waals surface area (Å²) in [5.74, 6) is -3.51. The van der Waals surface area contributed by atoms with Gasteiger partial charge in [-0.15, -0.1) is 0 Å². The number of hydrogen-bond donors (Lipinski definition) is 3. The largest absolute Gasteiger partial charge is 0.477 e. The number of carboxylic acid groups (broad SMARTS) is 1. The molecule has 5 aromatic rings. The Labute approximate surface area is 237 Å². The molecule has 0 unspecified atom stereocenters. The van der Waals surface area contributed by atoms with Gasteiger partial charge >= 0.3 is 5.97 Å². The minimum absolute atomic E-state index is 0.000942. The van der Waals surface area contributed by atoms with Crippen LogP contribution in [-0.2, 0) is 7.05 Å². The molecule has 0 aliphatic carbocycles. The van der Waals surface area contributed by atoms with Crippen molar-refractivity contribution in [3.63, 3.8) is 0 Å². The Morgan fingerprint density at radius 2 is 1.98 bits per heavy atom. The minimum atomic E-state index is -1.37. The molecule has 2 atom stereocenters. The van der Waals surface area contributed by atoms with E-state index in [1.54, 1.807) is 14.1 Å². The van der Waals surface area contributed by atoms with Crippen molar-refractivity contribution in [3.8, 4) is 11.1 Å². The molecule has 0 bridgehead atoms. The summed E-state index contributed by atoms with van der Waals surface area (Å²) in [5.41, 5.74) is 1.23. The molecule has 1 aliphatic heterocycles. The molecule has 1 aromatic carbocycles. The van der Waals surface area contributed by atoms with Crippen LogP contribution >= 0.6 is 0 Å². The van der Waals surface area contributed by atoms with E-state index in [1.807, 2.05) is 23.9 Å². The number of carbonyl (C=O) groups is 1. The number of benzene rings is 1. The third-order valence-corrected chi connectivity index (χ3v) is 7.81. The van der Waals surface area contributed by atoms with Gasteiger partial charge in [-0.2, -0.15) is 0 Å². The molecule has 0 amide bonds.